The number of ether oxygens (including phenoxy) is 1. The number of benzene rings is 1. The SMILES string of the molecule is CCN(CC)C(=O)NC(C)(C)c1nc(OC)c(OS(C)(=O)=O)c(C(=O)NCc2ccc(F)cc2)n1. The van der Waals surface area contributed by atoms with Gasteiger partial charge in [0.25, 0.3) is 11.8 Å². The number of nitrogens with one attached hydrogen (secondary N) is 2. The number of carbonyl (C=O) groups excluding carboxylic acids is 2. The molecule has 0 bridgehead atoms. The van der Waals surface area contributed by atoms with Crippen LogP contribution in [-0.4, -0.2) is 61.7 Å². The molecule has 2 rings (SSSR count). The van der Waals surface area contributed by atoms with Crippen LogP contribution in [0.1, 0.15) is 49.6 Å². The molecule has 0 spiro atoms. The van der Waals surface area contributed by atoms with Crippen LogP contribution in [0.5, 0.6) is 11.6 Å². The zero-order chi connectivity index (χ0) is 26.4. The summed E-state index contributed by atoms with van der Waals surface area (Å²) < 4.78 is 47.1. The molecule has 192 valence electrons. The van der Waals surface area contributed by atoms with E-state index in [1.54, 1.807) is 18.7 Å². The normalized spacial score (nSPS) is 11.5. The number of nitrogens with zero attached hydrogens (tertiary/aromatic N) is 3. The van der Waals surface area contributed by atoms with Gasteiger partial charge in [-0.25, -0.2) is 14.2 Å². The standard InChI is InChI=1S/C22H30FN5O6S/c1-7-28(8-2)21(30)27-22(3,4)20-25-16(17(19(26-20)33-5)34-35(6,31)32)18(29)24-13-14-9-11-15(23)12-10-14/h9-12H,7-8,13H2,1-6H3,(H,24,29)(H,27,30). The lowest BCUT2D eigenvalue weighted by atomic mass is 10.0. The Hall–Kier alpha value is -3.48. The monoisotopic (exact) mass is 511 g/mol. The molecule has 0 saturated heterocycles. The van der Waals surface area contributed by atoms with Crippen LogP contribution < -0.4 is 19.6 Å². The van der Waals surface area contributed by atoms with Crippen LogP contribution in [0, 0.1) is 5.82 Å². The molecule has 1 aromatic carbocycles. The highest BCUT2D eigenvalue weighted by Gasteiger charge is 2.33. The molecule has 11 nitrogen and oxygen atoms in total. The van der Waals surface area contributed by atoms with E-state index in [9.17, 15) is 22.4 Å². The Balaban J connectivity index is 2.50. The first-order chi connectivity index (χ1) is 16.3. The maximum Gasteiger partial charge on any atom is 0.318 e. The van der Waals surface area contributed by atoms with E-state index in [2.05, 4.69) is 20.6 Å². The average molecular weight is 512 g/mol. The molecule has 0 aliphatic rings. The van der Waals surface area contributed by atoms with E-state index >= 15 is 0 Å². The van der Waals surface area contributed by atoms with Gasteiger partial charge in [0, 0.05) is 19.6 Å². The van der Waals surface area contributed by atoms with Gasteiger partial charge in [0.2, 0.25) is 5.75 Å². The van der Waals surface area contributed by atoms with Crippen molar-refractivity contribution in [2.75, 3.05) is 26.5 Å². The maximum atomic E-state index is 13.2. The van der Waals surface area contributed by atoms with E-state index in [0.29, 0.717) is 18.7 Å². The summed E-state index contributed by atoms with van der Waals surface area (Å²) in [5.41, 5.74) is -0.995. The molecule has 2 N–H and O–H groups in total. The highest BCUT2D eigenvalue weighted by atomic mass is 32.2. The minimum Gasteiger partial charge on any atom is -0.478 e. The second kappa shape index (κ2) is 11.3. The van der Waals surface area contributed by atoms with Gasteiger partial charge in [0.1, 0.15) is 5.82 Å². The minimum atomic E-state index is -4.08. The van der Waals surface area contributed by atoms with E-state index < -0.39 is 38.8 Å². The Bertz CT molecular complexity index is 1170. The molecule has 0 fully saturated rings. The van der Waals surface area contributed by atoms with Crippen LogP contribution >= 0.6 is 0 Å². The van der Waals surface area contributed by atoms with Crippen LogP contribution in [0.25, 0.3) is 0 Å². The molecule has 1 aromatic heterocycles. The predicted molar refractivity (Wildman–Crippen MR) is 126 cm³/mol. The Morgan fingerprint density at radius 1 is 1.11 bits per heavy atom. The number of halogens is 1. The molecule has 0 saturated carbocycles. The lowest BCUT2D eigenvalue weighted by Gasteiger charge is -2.29. The number of rotatable bonds is 10. The van der Waals surface area contributed by atoms with Crippen molar-refractivity contribution in [3.8, 4) is 11.6 Å². The fraction of sp³-hybridized carbons (Fsp3) is 0.455. The molecule has 1 heterocycles. The number of carbonyl (C=O) groups is 2. The summed E-state index contributed by atoms with van der Waals surface area (Å²) in [5, 5.41) is 5.39. The molecule has 0 atom stereocenters. The molecule has 0 aliphatic carbocycles. The van der Waals surface area contributed by atoms with Crippen LogP contribution in [0.2, 0.25) is 0 Å². The van der Waals surface area contributed by atoms with Crippen LogP contribution in [0.3, 0.4) is 0 Å². The highest BCUT2D eigenvalue weighted by molar-refractivity contribution is 7.86. The van der Waals surface area contributed by atoms with E-state index in [0.717, 1.165) is 6.26 Å². The topological polar surface area (TPSA) is 140 Å². The van der Waals surface area contributed by atoms with Gasteiger partial charge in [0.05, 0.1) is 18.9 Å². The Morgan fingerprint density at radius 2 is 1.71 bits per heavy atom. The summed E-state index contributed by atoms with van der Waals surface area (Å²) in [5.74, 6) is -2.04. The summed E-state index contributed by atoms with van der Waals surface area (Å²) in [6.07, 6.45) is 0.800. The summed E-state index contributed by atoms with van der Waals surface area (Å²) in [4.78, 5) is 35.7. The van der Waals surface area contributed by atoms with Gasteiger partial charge in [-0.3, -0.25) is 4.79 Å². The fourth-order valence-electron chi connectivity index (χ4n) is 3.01. The summed E-state index contributed by atoms with van der Waals surface area (Å²) >= 11 is 0. The van der Waals surface area contributed by atoms with Crippen LogP contribution in [0.4, 0.5) is 9.18 Å². The van der Waals surface area contributed by atoms with E-state index in [1.807, 2.05) is 13.8 Å². The Kier molecular flexibility index (Phi) is 8.96. The molecule has 0 radical (unpaired) electrons. The van der Waals surface area contributed by atoms with Crippen molar-refractivity contribution in [2.24, 2.45) is 0 Å². The Morgan fingerprint density at radius 3 is 2.23 bits per heavy atom. The molecular formula is C22H30FN5O6S. The third kappa shape index (κ3) is 7.50. The van der Waals surface area contributed by atoms with Crippen molar-refractivity contribution in [1.29, 1.82) is 0 Å². The quantitative estimate of drug-likeness (QED) is 0.463. The maximum absolute atomic E-state index is 13.2. The molecule has 0 aliphatic heterocycles. The van der Waals surface area contributed by atoms with Gasteiger partial charge >= 0.3 is 16.1 Å². The zero-order valence-electron chi connectivity index (χ0n) is 20.5. The van der Waals surface area contributed by atoms with Crippen molar-refractivity contribution in [2.45, 2.75) is 39.8 Å². The second-order valence-electron chi connectivity index (χ2n) is 8.06. The molecule has 3 amide bonds. The fourth-order valence-corrected chi connectivity index (χ4v) is 3.46. The lowest BCUT2D eigenvalue weighted by molar-refractivity contribution is 0.0942. The average Bonchev–Trinajstić information content (AvgIpc) is 2.77. The van der Waals surface area contributed by atoms with Gasteiger partial charge in [-0.05, 0) is 45.4 Å². The third-order valence-electron chi connectivity index (χ3n) is 4.87. The van der Waals surface area contributed by atoms with Crippen molar-refractivity contribution < 1.29 is 31.3 Å². The van der Waals surface area contributed by atoms with Crippen molar-refractivity contribution in [1.82, 2.24) is 25.5 Å². The summed E-state index contributed by atoms with van der Waals surface area (Å²) in [6, 6.07) is 5.09. The number of hydrogen-bond donors (Lipinski definition) is 2. The first-order valence-corrected chi connectivity index (χ1v) is 12.6. The van der Waals surface area contributed by atoms with E-state index in [1.165, 1.54) is 31.4 Å². The number of hydrogen-bond acceptors (Lipinski definition) is 8. The summed E-state index contributed by atoms with van der Waals surface area (Å²) in [7, 11) is -2.86. The first-order valence-electron chi connectivity index (χ1n) is 10.8. The van der Waals surface area contributed by atoms with Crippen molar-refractivity contribution in [3.05, 3.63) is 47.2 Å². The first kappa shape index (κ1) is 27.8. The van der Waals surface area contributed by atoms with E-state index in [-0.39, 0.29) is 24.3 Å². The molecule has 13 heteroatoms. The Labute approximate surface area is 204 Å². The second-order valence-corrected chi connectivity index (χ2v) is 9.63. The van der Waals surface area contributed by atoms with Gasteiger partial charge < -0.3 is 24.5 Å². The van der Waals surface area contributed by atoms with Gasteiger partial charge in [0.15, 0.2) is 11.5 Å². The number of methoxy groups -OCH3 is 1. The van der Waals surface area contributed by atoms with E-state index in [4.69, 9.17) is 8.92 Å². The van der Waals surface area contributed by atoms with Crippen LogP contribution in [0.15, 0.2) is 24.3 Å². The summed E-state index contributed by atoms with van der Waals surface area (Å²) in [6.45, 7) is 7.86. The minimum absolute atomic E-state index is 0.00116. The van der Waals surface area contributed by atoms with Gasteiger partial charge in [-0.2, -0.15) is 13.4 Å². The molecule has 35 heavy (non-hydrogen) atoms. The smallest absolute Gasteiger partial charge is 0.318 e. The van der Waals surface area contributed by atoms with Crippen molar-refractivity contribution in [3.63, 3.8) is 0 Å². The predicted octanol–water partition coefficient (Wildman–Crippen LogP) is 2.18. The molecule has 2 aromatic rings. The van der Waals surface area contributed by atoms with Gasteiger partial charge in [-0.15, -0.1) is 0 Å². The highest BCUT2D eigenvalue weighted by Crippen LogP contribution is 2.32. The van der Waals surface area contributed by atoms with Gasteiger partial charge in [-0.1, -0.05) is 12.1 Å². The molecular weight excluding hydrogens is 481 g/mol. The molecule has 0 unspecified atom stereocenters. The number of urea groups is 1. The largest absolute Gasteiger partial charge is 0.478 e. The number of amides is 3. The zero-order valence-corrected chi connectivity index (χ0v) is 21.3. The lowest BCUT2D eigenvalue weighted by Crippen LogP contribution is -2.49. The van der Waals surface area contributed by atoms with Crippen LogP contribution in [-0.2, 0) is 22.2 Å². The van der Waals surface area contributed by atoms with Crippen molar-refractivity contribution >= 4 is 22.1 Å². The third-order valence-corrected chi connectivity index (χ3v) is 5.34. The number of aromatic nitrogens is 2.